The highest BCUT2D eigenvalue weighted by molar-refractivity contribution is 5.34. The van der Waals surface area contributed by atoms with Crippen LogP contribution in [0.15, 0.2) is 24.3 Å². The first kappa shape index (κ1) is 13.0. The maximum Gasteiger partial charge on any atom is 0.120 e. The number of aliphatic hydroxyl groups is 1. The van der Waals surface area contributed by atoms with Gasteiger partial charge in [-0.15, -0.1) is 0 Å². The lowest BCUT2D eigenvalue weighted by Crippen LogP contribution is -2.29. The molecule has 2 unspecified atom stereocenters. The molecule has 3 N–H and O–H groups in total. The second kappa shape index (κ2) is 6.51. The van der Waals surface area contributed by atoms with Crippen LogP contribution in [0.5, 0.6) is 5.75 Å². The topological polar surface area (TPSA) is 52.5 Å². The maximum atomic E-state index is 9.73. The predicted octanol–water partition coefficient (Wildman–Crippen LogP) is 2.20. The van der Waals surface area contributed by atoms with Crippen molar-refractivity contribution in [1.29, 1.82) is 0 Å². The SMILES string of the molecule is CCC(O)CNC(CC)c1ccccc1O. The molecule has 0 radical (unpaired) electrons. The Hall–Kier alpha value is -1.06. The van der Waals surface area contributed by atoms with Crippen molar-refractivity contribution in [1.82, 2.24) is 5.32 Å². The van der Waals surface area contributed by atoms with E-state index in [9.17, 15) is 10.2 Å². The van der Waals surface area contributed by atoms with Crippen molar-refractivity contribution < 1.29 is 10.2 Å². The summed E-state index contributed by atoms with van der Waals surface area (Å²) in [7, 11) is 0. The van der Waals surface area contributed by atoms with E-state index >= 15 is 0 Å². The third-order valence-corrected chi connectivity index (χ3v) is 2.79. The number of rotatable bonds is 6. The van der Waals surface area contributed by atoms with E-state index in [2.05, 4.69) is 12.2 Å². The normalized spacial score (nSPS) is 14.7. The Morgan fingerprint density at radius 3 is 2.44 bits per heavy atom. The van der Waals surface area contributed by atoms with Gasteiger partial charge in [0.2, 0.25) is 0 Å². The molecule has 0 saturated heterocycles. The predicted molar refractivity (Wildman–Crippen MR) is 65.4 cm³/mol. The van der Waals surface area contributed by atoms with E-state index in [-0.39, 0.29) is 12.1 Å². The van der Waals surface area contributed by atoms with Crippen LogP contribution in [-0.2, 0) is 0 Å². The molecule has 1 aromatic carbocycles. The van der Waals surface area contributed by atoms with E-state index in [0.29, 0.717) is 12.3 Å². The van der Waals surface area contributed by atoms with Crippen LogP contribution in [0.2, 0.25) is 0 Å². The van der Waals surface area contributed by atoms with E-state index in [0.717, 1.165) is 18.4 Å². The second-order valence-electron chi connectivity index (χ2n) is 3.99. The molecule has 2 atom stereocenters. The summed E-state index contributed by atoms with van der Waals surface area (Å²) in [6.07, 6.45) is 1.30. The quantitative estimate of drug-likeness (QED) is 0.693. The molecule has 0 amide bonds. The van der Waals surface area contributed by atoms with Gasteiger partial charge in [-0.05, 0) is 18.9 Å². The van der Waals surface area contributed by atoms with Gasteiger partial charge >= 0.3 is 0 Å². The zero-order valence-electron chi connectivity index (χ0n) is 9.98. The van der Waals surface area contributed by atoms with Gasteiger partial charge in [0.1, 0.15) is 5.75 Å². The fourth-order valence-corrected chi connectivity index (χ4v) is 1.68. The van der Waals surface area contributed by atoms with Crippen molar-refractivity contribution in [2.24, 2.45) is 0 Å². The molecule has 3 nitrogen and oxygen atoms in total. The average molecular weight is 223 g/mol. The van der Waals surface area contributed by atoms with Gasteiger partial charge in [0.15, 0.2) is 0 Å². The molecule has 0 aromatic heterocycles. The van der Waals surface area contributed by atoms with Crippen LogP contribution in [-0.4, -0.2) is 22.9 Å². The largest absolute Gasteiger partial charge is 0.508 e. The molecule has 0 aliphatic heterocycles. The lowest BCUT2D eigenvalue weighted by atomic mass is 10.0. The molecular weight excluding hydrogens is 202 g/mol. The smallest absolute Gasteiger partial charge is 0.120 e. The number of benzene rings is 1. The molecule has 0 fully saturated rings. The summed E-state index contributed by atoms with van der Waals surface area (Å²) in [5, 5.41) is 22.5. The highest BCUT2D eigenvalue weighted by atomic mass is 16.3. The molecule has 0 aliphatic carbocycles. The average Bonchev–Trinajstić information content (AvgIpc) is 2.31. The van der Waals surface area contributed by atoms with Crippen molar-refractivity contribution in [3.8, 4) is 5.75 Å². The van der Waals surface area contributed by atoms with Gasteiger partial charge in [0.05, 0.1) is 6.10 Å². The van der Waals surface area contributed by atoms with Gasteiger partial charge in [0.25, 0.3) is 0 Å². The fraction of sp³-hybridized carbons (Fsp3) is 0.538. The third-order valence-electron chi connectivity index (χ3n) is 2.79. The Morgan fingerprint density at radius 2 is 1.88 bits per heavy atom. The molecule has 1 rings (SSSR count). The maximum absolute atomic E-state index is 9.73. The molecule has 90 valence electrons. The minimum absolute atomic E-state index is 0.0994. The van der Waals surface area contributed by atoms with Crippen molar-refractivity contribution in [2.75, 3.05) is 6.54 Å². The van der Waals surface area contributed by atoms with Crippen LogP contribution in [0.4, 0.5) is 0 Å². The summed E-state index contributed by atoms with van der Waals surface area (Å²) < 4.78 is 0. The molecule has 0 heterocycles. The van der Waals surface area contributed by atoms with Gasteiger partial charge in [0, 0.05) is 18.2 Å². The summed E-state index contributed by atoms with van der Waals surface area (Å²) in [5.41, 5.74) is 0.897. The third kappa shape index (κ3) is 3.51. The van der Waals surface area contributed by atoms with Crippen LogP contribution in [0.3, 0.4) is 0 Å². The van der Waals surface area contributed by atoms with Gasteiger partial charge in [-0.25, -0.2) is 0 Å². The number of nitrogens with one attached hydrogen (secondary N) is 1. The molecule has 0 spiro atoms. The number of aliphatic hydroxyl groups excluding tert-OH is 1. The van der Waals surface area contributed by atoms with Crippen LogP contribution in [0.1, 0.15) is 38.3 Å². The van der Waals surface area contributed by atoms with E-state index in [1.54, 1.807) is 6.07 Å². The van der Waals surface area contributed by atoms with Gasteiger partial charge in [-0.2, -0.15) is 0 Å². The highest BCUT2D eigenvalue weighted by Crippen LogP contribution is 2.25. The van der Waals surface area contributed by atoms with Crippen LogP contribution in [0.25, 0.3) is 0 Å². The summed E-state index contributed by atoms with van der Waals surface area (Å²) in [6, 6.07) is 7.43. The van der Waals surface area contributed by atoms with E-state index < -0.39 is 0 Å². The van der Waals surface area contributed by atoms with Crippen molar-refractivity contribution >= 4 is 0 Å². The zero-order chi connectivity index (χ0) is 12.0. The standard InChI is InChI=1S/C13H21NO2/c1-3-10(15)9-14-12(4-2)11-7-5-6-8-13(11)16/h5-8,10,12,14-16H,3-4,9H2,1-2H3. The van der Waals surface area contributed by atoms with E-state index in [4.69, 9.17) is 0 Å². The summed E-state index contributed by atoms with van der Waals surface area (Å²) in [4.78, 5) is 0. The summed E-state index contributed by atoms with van der Waals surface area (Å²) in [6.45, 7) is 4.57. The number of phenols is 1. The van der Waals surface area contributed by atoms with E-state index in [1.807, 2.05) is 25.1 Å². The van der Waals surface area contributed by atoms with Crippen molar-refractivity contribution in [3.63, 3.8) is 0 Å². The molecule has 0 saturated carbocycles. The Morgan fingerprint density at radius 1 is 1.19 bits per heavy atom. The lowest BCUT2D eigenvalue weighted by molar-refractivity contribution is 0.162. The Balaban J connectivity index is 2.64. The molecule has 3 heteroatoms. The molecule has 16 heavy (non-hydrogen) atoms. The summed E-state index contributed by atoms with van der Waals surface area (Å²) >= 11 is 0. The summed E-state index contributed by atoms with van der Waals surface area (Å²) in [5.74, 6) is 0.313. The van der Waals surface area contributed by atoms with Crippen LogP contribution >= 0.6 is 0 Å². The first-order valence-electron chi connectivity index (χ1n) is 5.88. The lowest BCUT2D eigenvalue weighted by Gasteiger charge is -2.20. The van der Waals surface area contributed by atoms with Crippen LogP contribution < -0.4 is 5.32 Å². The molecule has 0 aliphatic rings. The fourth-order valence-electron chi connectivity index (χ4n) is 1.68. The Kier molecular flexibility index (Phi) is 5.29. The first-order chi connectivity index (χ1) is 7.69. The second-order valence-corrected chi connectivity index (χ2v) is 3.99. The zero-order valence-corrected chi connectivity index (χ0v) is 9.98. The number of hydrogen-bond donors (Lipinski definition) is 3. The monoisotopic (exact) mass is 223 g/mol. The van der Waals surface area contributed by atoms with Crippen LogP contribution in [0, 0.1) is 0 Å². The molecular formula is C13H21NO2. The van der Waals surface area contributed by atoms with Gasteiger partial charge in [-0.3, -0.25) is 0 Å². The minimum Gasteiger partial charge on any atom is -0.508 e. The Bertz CT molecular complexity index is 315. The number of phenolic OH excluding ortho intramolecular Hbond substituents is 1. The van der Waals surface area contributed by atoms with Gasteiger partial charge < -0.3 is 15.5 Å². The number of hydrogen-bond acceptors (Lipinski definition) is 3. The number of aromatic hydroxyl groups is 1. The first-order valence-corrected chi connectivity index (χ1v) is 5.88. The highest BCUT2D eigenvalue weighted by Gasteiger charge is 2.13. The van der Waals surface area contributed by atoms with Crippen molar-refractivity contribution in [2.45, 2.75) is 38.8 Å². The number of para-hydroxylation sites is 1. The minimum atomic E-state index is -0.320. The van der Waals surface area contributed by atoms with E-state index in [1.165, 1.54) is 0 Å². The van der Waals surface area contributed by atoms with Crippen molar-refractivity contribution in [3.05, 3.63) is 29.8 Å². The van der Waals surface area contributed by atoms with Gasteiger partial charge in [-0.1, -0.05) is 32.0 Å². The molecule has 0 bridgehead atoms. The Labute approximate surface area is 97.1 Å². The molecule has 1 aromatic rings.